The second kappa shape index (κ2) is 7.38. The SMILES string of the molecule is CC(NC(=O)c1ccc([N+](=O)[O-])cc1I)c1cccc(C(F)(F)F)c1. The van der Waals surface area contributed by atoms with E-state index in [1.54, 1.807) is 29.5 Å². The van der Waals surface area contributed by atoms with E-state index < -0.39 is 28.6 Å². The second-order valence-electron chi connectivity index (χ2n) is 5.24. The van der Waals surface area contributed by atoms with E-state index in [2.05, 4.69) is 5.32 Å². The Morgan fingerprint density at radius 3 is 2.48 bits per heavy atom. The summed E-state index contributed by atoms with van der Waals surface area (Å²) < 4.78 is 38.7. The molecular weight excluding hydrogens is 452 g/mol. The highest BCUT2D eigenvalue weighted by Crippen LogP contribution is 2.30. The van der Waals surface area contributed by atoms with E-state index in [-0.39, 0.29) is 11.3 Å². The van der Waals surface area contributed by atoms with Gasteiger partial charge in [0.2, 0.25) is 0 Å². The lowest BCUT2D eigenvalue weighted by Gasteiger charge is -2.16. The maximum Gasteiger partial charge on any atom is 0.416 e. The quantitative estimate of drug-likeness (QED) is 0.405. The molecule has 0 aliphatic carbocycles. The molecule has 2 aromatic carbocycles. The van der Waals surface area contributed by atoms with Crippen molar-refractivity contribution >= 4 is 34.2 Å². The maximum absolute atomic E-state index is 12.8. The molecule has 0 fully saturated rings. The van der Waals surface area contributed by atoms with Crippen molar-refractivity contribution in [3.8, 4) is 0 Å². The maximum atomic E-state index is 12.8. The number of nitrogens with one attached hydrogen (secondary N) is 1. The highest BCUT2D eigenvalue weighted by molar-refractivity contribution is 14.1. The van der Waals surface area contributed by atoms with Crippen LogP contribution in [-0.2, 0) is 6.18 Å². The zero-order valence-electron chi connectivity index (χ0n) is 12.8. The number of nitro benzene ring substituents is 1. The summed E-state index contributed by atoms with van der Waals surface area (Å²) in [7, 11) is 0. The summed E-state index contributed by atoms with van der Waals surface area (Å²) in [4.78, 5) is 22.4. The van der Waals surface area contributed by atoms with Crippen molar-refractivity contribution in [2.24, 2.45) is 0 Å². The fourth-order valence-corrected chi connectivity index (χ4v) is 2.89. The van der Waals surface area contributed by atoms with Gasteiger partial charge in [-0.1, -0.05) is 12.1 Å². The van der Waals surface area contributed by atoms with E-state index >= 15 is 0 Å². The summed E-state index contributed by atoms with van der Waals surface area (Å²) >= 11 is 1.80. The van der Waals surface area contributed by atoms with E-state index in [1.165, 1.54) is 30.3 Å². The van der Waals surface area contributed by atoms with Gasteiger partial charge in [-0.25, -0.2) is 0 Å². The molecule has 0 saturated heterocycles. The summed E-state index contributed by atoms with van der Waals surface area (Å²) in [6.45, 7) is 1.56. The summed E-state index contributed by atoms with van der Waals surface area (Å²) in [5, 5.41) is 13.3. The fourth-order valence-electron chi connectivity index (χ4n) is 2.14. The molecule has 25 heavy (non-hydrogen) atoms. The topological polar surface area (TPSA) is 72.2 Å². The molecule has 2 aromatic rings. The predicted octanol–water partition coefficient (Wildman–Crippen LogP) is 4.71. The largest absolute Gasteiger partial charge is 0.416 e. The molecule has 1 atom stereocenters. The van der Waals surface area contributed by atoms with Crippen LogP contribution in [0.4, 0.5) is 18.9 Å². The van der Waals surface area contributed by atoms with E-state index in [1.807, 2.05) is 0 Å². The number of amides is 1. The standard InChI is InChI=1S/C16H12F3IN2O3/c1-9(10-3-2-4-11(7-10)16(17,18)19)21-15(23)13-6-5-12(22(24)25)8-14(13)20/h2-9H,1H3,(H,21,23). The molecule has 0 heterocycles. The summed E-state index contributed by atoms with van der Waals surface area (Å²) in [5.41, 5.74) is -0.423. The van der Waals surface area contributed by atoms with Crippen LogP contribution in [0.25, 0.3) is 0 Å². The van der Waals surface area contributed by atoms with E-state index in [4.69, 9.17) is 0 Å². The molecular formula is C16H12F3IN2O3. The lowest BCUT2D eigenvalue weighted by atomic mass is 10.0. The summed E-state index contributed by atoms with van der Waals surface area (Å²) in [5.74, 6) is -0.524. The Morgan fingerprint density at radius 2 is 1.92 bits per heavy atom. The minimum absolute atomic E-state index is 0.146. The average Bonchev–Trinajstić information content (AvgIpc) is 2.53. The van der Waals surface area contributed by atoms with Crippen LogP contribution in [0.2, 0.25) is 0 Å². The van der Waals surface area contributed by atoms with Crippen molar-refractivity contribution in [2.45, 2.75) is 19.1 Å². The second-order valence-corrected chi connectivity index (χ2v) is 6.40. The Labute approximate surface area is 154 Å². The molecule has 0 saturated carbocycles. The van der Waals surface area contributed by atoms with E-state index in [9.17, 15) is 28.1 Å². The van der Waals surface area contributed by atoms with Crippen molar-refractivity contribution in [1.82, 2.24) is 5.32 Å². The van der Waals surface area contributed by atoms with Gasteiger partial charge < -0.3 is 5.32 Å². The number of hydrogen-bond donors (Lipinski definition) is 1. The van der Waals surface area contributed by atoms with Crippen LogP contribution in [0.3, 0.4) is 0 Å². The van der Waals surface area contributed by atoms with Crippen LogP contribution < -0.4 is 5.32 Å². The van der Waals surface area contributed by atoms with Gasteiger partial charge in [0.15, 0.2) is 0 Å². The van der Waals surface area contributed by atoms with Crippen molar-refractivity contribution in [1.29, 1.82) is 0 Å². The molecule has 1 N–H and O–H groups in total. The Hall–Kier alpha value is -2.17. The number of nitrogens with zero attached hydrogens (tertiary/aromatic N) is 1. The zero-order valence-corrected chi connectivity index (χ0v) is 15.0. The molecule has 1 amide bonds. The molecule has 0 aliphatic heterocycles. The van der Waals surface area contributed by atoms with Crippen molar-refractivity contribution in [3.63, 3.8) is 0 Å². The molecule has 132 valence electrons. The van der Waals surface area contributed by atoms with Gasteiger partial charge in [-0.05, 0) is 53.3 Å². The lowest BCUT2D eigenvalue weighted by Crippen LogP contribution is -2.27. The number of halogens is 4. The Bertz CT molecular complexity index is 825. The molecule has 9 heteroatoms. The van der Waals surface area contributed by atoms with Gasteiger partial charge in [0.05, 0.1) is 22.1 Å². The Balaban J connectivity index is 2.19. The third-order valence-corrected chi connectivity index (χ3v) is 4.36. The van der Waals surface area contributed by atoms with Crippen LogP contribution >= 0.6 is 22.6 Å². The van der Waals surface area contributed by atoms with Crippen LogP contribution in [0.5, 0.6) is 0 Å². The van der Waals surface area contributed by atoms with Gasteiger partial charge in [0.25, 0.3) is 11.6 Å². The third-order valence-electron chi connectivity index (χ3n) is 3.47. The number of rotatable bonds is 4. The van der Waals surface area contributed by atoms with Crippen molar-refractivity contribution in [3.05, 3.63) is 72.8 Å². The monoisotopic (exact) mass is 464 g/mol. The first kappa shape index (κ1) is 19.2. The number of carbonyl (C=O) groups excluding carboxylic acids is 1. The van der Waals surface area contributed by atoms with E-state index in [0.717, 1.165) is 12.1 Å². The highest BCUT2D eigenvalue weighted by atomic mass is 127. The number of hydrogen-bond acceptors (Lipinski definition) is 3. The van der Waals surface area contributed by atoms with Gasteiger partial charge in [-0.2, -0.15) is 13.2 Å². The number of non-ortho nitro benzene ring substituents is 1. The van der Waals surface area contributed by atoms with Gasteiger partial charge in [-0.15, -0.1) is 0 Å². The zero-order chi connectivity index (χ0) is 18.8. The van der Waals surface area contributed by atoms with Crippen molar-refractivity contribution < 1.29 is 22.9 Å². The molecule has 0 aromatic heterocycles. The van der Waals surface area contributed by atoms with Gasteiger partial charge in [0, 0.05) is 15.7 Å². The first-order valence-corrected chi connectivity index (χ1v) is 8.09. The molecule has 0 aliphatic rings. The predicted molar refractivity (Wildman–Crippen MR) is 93.1 cm³/mol. The Morgan fingerprint density at radius 1 is 1.24 bits per heavy atom. The van der Waals surface area contributed by atoms with Crippen LogP contribution in [0.15, 0.2) is 42.5 Å². The van der Waals surface area contributed by atoms with Crippen LogP contribution in [0, 0.1) is 13.7 Å². The van der Waals surface area contributed by atoms with Gasteiger partial charge in [0.1, 0.15) is 0 Å². The van der Waals surface area contributed by atoms with Gasteiger partial charge >= 0.3 is 6.18 Å². The number of carbonyl (C=O) groups is 1. The highest BCUT2D eigenvalue weighted by Gasteiger charge is 2.30. The first-order valence-electron chi connectivity index (χ1n) is 7.01. The van der Waals surface area contributed by atoms with Crippen LogP contribution in [0.1, 0.15) is 34.5 Å². The molecule has 1 unspecified atom stereocenters. The molecule has 5 nitrogen and oxygen atoms in total. The fraction of sp³-hybridized carbons (Fsp3) is 0.188. The molecule has 0 bridgehead atoms. The number of benzene rings is 2. The normalized spacial score (nSPS) is 12.5. The van der Waals surface area contributed by atoms with Crippen molar-refractivity contribution in [2.75, 3.05) is 0 Å². The van der Waals surface area contributed by atoms with E-state index in [0.29, 0.717) is 9.13 Å². The first-order chi connectivity index (χ1) is 11.6. The molecule has 0 spiro atoms. The van der Waals surface area contributed by atoms with Gasteiger partial charge in [-0.3, -0.25) is 14.9 Å². The van der Waals surface area contributed by atoms with Crippen LogP contribution in [-0.4, -0.2) is 10.8 Å². The molecule has 0 radical (unpaired) electrons. The average molecular weight is 464 g/mol. The summed E-state index contributed by atoms with van der Waals surface area (Å²) in [6.07, 6.45) is -4.46. The third kappa shape index (κ3) is 4.68. The minimum Gasteiger partial charge on any atom is -0.345 e. The smallest absolute Gasteiger partial charge is 0.345 e. The lowest BCUT2D eigenvalue weighted by molar-refractivity contribution is -0.384. The number of nitro groups is 1. The Kier molecular flexibility index (Phi) is 5.65. The molecule has 2 rings (SSSR count). The summed E-state index contributed by atoms with van der Waals surface area (Å²) in [6, 6.07) is 7.80. The minimum atomic E-state index is -4.46. The number of alkyl halides is 3.